The first-order chi connectivity index (χ1) is 9.51. The Morgan fingerprint density at radius 2 is 1.75 bits per heavy atom. The lowest BCUT2D eigenvalue weighted by Crippen LogP contribution is -2.50. The normalized spacial score (nSPS) is 33.8. The van der Waals surface area contributed by atoms with E-state index in [1.165, 1.54) is 17.7 Å². The van der Waals surface area contributed by atoms with Crippen molar-refractivity contribution in [2.75, 3.05) is 26.2 Å². The molecular formula is C14H23F3N2O. The molecule has 6 heteroatoms. The lowest BCUT2D eigenvalue weighted by Gasteiger charge is -2.35. The molecule has 1 saturated carbocycles. The zero-order chi connectivity index (χ0) is 14.2. The van der Waals surface area contributed by atoms with Crippen molar-refractivity contribution in [3.05, 3.63) is 0 Å². The summed E-state index contributed by atoms with van der Waals surface area (Å²) in [4.78, 5) is 1.52. The van der Waals surface area contributed by atoms with E-state index in [0.717, 1.165) is 31.8 Å². The van der Waals surface area contributed by atoms with Gasteiger partial charge in [-0.3, -0.25) is 4.90 Å². The van der Waals surface area contributed by atoms with Crippen molar-refractivity contribution < 1.29 is 17.9 Å². The van der Waals surface area contributed by atoms with E-state index >= 15 is 0 Å². The van der Waals surface area contributed by atoms with E-state index in [1.807, 2.05) is 0 Å². The van der Waals surface area contributed by atoms with Crippen molar-refractivity contribution in [1.82, 2.24) is 10.2 Å². The maximum atomic E-state index is 12.3. The summed E-state index contributed by atoms with van der Waals surface area (Å²) >= 11 is 0. The van der Waals surface area contributed by atoms with Gasteiger partial charge in [-0.25, -0.2) is 0 Å². The maximum Gasteiger partial charge on any atom is 0.401 e. The minimum absolute atomic E-state index is 0.350. The minimum Gasteiger partial charge on any atom is -0.376 e. The summed E-state index contributed by atoms with van der Waals surface area (Å²) in [7, 11) is 0. The monoisotopic (exact) mass is 292 g/mol. The second-order valence-electron chi connectivity index (χ2n) is 6.40. The van der Waals surface area contributed by atoms with E-state index in [0.29, 0.717) is 31.3 Å². The predicted molar refractivity (Wildman–Crippen MR) is 69.5 cm³/mol. The van der Waals surface area contributed by atoms with Gasteiger partial charge in [-0.1, -0.05) is 0 Å². The molecule has 0 bridgehead atoms. The summed E-state index contributed by atoms with van der Waals surface area (Å²) in [6.45, 7) is 1.14. The Hall–Kier alpha value is -0.330. The van der Waals surface area contributed by atoms with Crippen LogP contribution in [0.4, 0.5) is 13.2 Å². The first-order valence-corrected chi connectivity index (χ1v) is 7.68. The summed E-state index contributed by atoms with van der Waals surface area (Å²) in [6, 6.07) is 0.772. The molecule has 1 aliphatic carbocycles. The van der Waals surface area contributed by atoms with Gasteiger partial charge in [0.2, 0.25) is 0 Å². The number of piperidine rings is 1. The van der Waals surface area contributed by atoms with Crippen LogP contribution in [0.5, 0.6) is 0 Å². The van der Waals surface area contributed by atoms with Crippen LogP contribution >= 0.6 is 0 Å². The summed E-state index contributed by atoms with van der Waals surface area (Å²) in [5.74, 6) is 0.723. The molecule has 3 nitrogen and oxygen atoms in total. The SMILES string of the molecule is FC(F)(F)CN1CCC(NC2CCOC2C2CC2)CC1. The molecule has 2 heterocycles. The van der Waals surface area contributed by atoms with Gasteiger partial charge >= 0.3 is 6.18 Å². The Morgan fingerprint density at radius 1 is 1.05 bits per heavy atom. The number of hydrogen-bond acceptors (Lipinski definition) is 3. The minimum atomic E-state index is -4.07. The highest BCUT2D eigenvalue weighted by Crippen LogP contribution is 2.39. The Balaban J connectivity index is 1.42. The maximum absolute atomic E-state index is 12.3. The molecular weight excluding hydrogens is 269 g/mol. The highest BCUT2D eigenvalue weighted by atomic mass is 19.4. The third-order valence-corrected chi connectivity index (χ3v) is 4.66. The molecule has 2 atom stereocenters. The zero-order valence-corrected chi connectivity index (χ0v) is 11.7. The van der Waals surface area contributed by atoms with Crippen LogP contribution in [-0.4, -0.2) is 55.5 Å². The Bertz CT molecular complexity index is 325. The standard InChI is InChI=1S/C14H23F3N2O/c15-14(16,17)9-19-6-3-11(4-7-19)18-12-5-8-20-13(12)10-1-2-10/h10-13,18H,1-9H2. The number of likely N-dealkylation sites (tertiary alicyclic amines) is 1. The quantitative estimate of drug-likeness (QED) is 0.859. The van der Waals surface area contributed by atoms with E-state index in [2.05, 4.69) is 5.32 Å². The molecule has 0 aromatic carbocycles. The number of hydrogen-bond donors (Lipinski definition) is 1. The molecule has 2 saturated heterocycles. The summed E-state index contributed by atoms with van der Waals surface area (Å²) in [6.07, 6.45) is 1.48. The van der Waals surface area contributed by atoms with Crippen LogP contribution in [0, 0.1) is 5.92 Å². The van der Waals surface area contributed by atoms with E-state index < -0.39 is 12.7 Å². The van der Waals surface area contributed by atoms with Crippen LogP contribution in [0.3, 0.4) is 0 Å². The topological polar surface area (TPSA) is 24.5 Å². The van der Waals surface area contributed by atoms with Crippen molar-refractivity contribution >= 4 is 0 Å². The first kappa shape index (κ1) is 14.6. The van der Waals surface area contributed by atoms with Crippen molar-refractivity contribution in [2.45, 2.75) is 56.5 Å². The number of ether oxygens (including phenoxy) is 1. The Labute approximate surface area is 117 Å². The second-order valence-corrected chi connectivity index (χ2v) is 6.40. The molecule has 2 aliphatic heterocycles. The van der Waals surface area contributed by atoms with Crippen molar-refractivity contribution in [2.24, 2.45) is 5.92 Å². The highest BCUT2D eigenvalue weighted by molar-refractivity contribution is 4.95. The fraction of sp³-hybridized carbons (Fsp3) is 1.00. The largest absolute Gasteiger partial charge is 0.401 e. The molecule has 116 valence electrons. The van der Waals surface area contributed by atoms with Crippen LogP contribution in [0.15, 0.2) is 0 Å². The third-order valence-electron chi connectivity index (χ3n) is 4.66. The van der Waals surface area contributed by atoms with Gasteiger partial charge in [0.25, 0.3) is 0 Å². The first-order valence-electron chi connectivity index (χ1n) is 7.68. The summed E-state index contributed by atoms with van der Waals surface area (Å²) in [5.41, 5.74) is 0. The average molecular weight is 292 g/mol. The van der Waals surface area contributed by atoms with Gasteiger partial charge in [-0.2, -0.15) is 13.2 Å². The fourth-order valence-electron chi connectivity index (χ4n) is 3.49. The average Bonchev–Trinajstić information content (AvgIpc) is 3.11. The van der Waals surface area contributed by atoms with Crippen LogP contribution in [0.2, 0.25) is 0 Å². The predicted octanol–water partition coefficient (Wildman–Crippen LogP) is 2.17. The fourth-order valence-corrected chi connectivity index (χ4v) is 3.49. The molecule has 3 aliphatic rings. The molecule has 0 radical (unpaired) electrons. The van der Waals surface area contributed by atoms with Crippen LogP contribution in [-0.2, 0) is 4.74 Å². The van der Waals surface area contributed by atoms with Gasteiger partial charge in [-0.15, -0.1) is 0 Å². The van der Waals surface area contributed by atoms with Crippen molar-refractivity contribution in [1.29, 1.82) is 0 Å². The van der Waals surface area contributed by atoms with Gasteiger partial charge in [0, 0.05) is 18.7 Å². The highest BCUT2D eigenvalue weighted by Gasteiger charge is 2.41. The summed E-state index contributed by atoms with van der Waals surface area (Å²) in [5, 5.41) is 3.64. The molecule has 0 aromatic rings. The number of nitrogens with one attached hydrogen (secondary N) is 1. The van der Waals surface area contributed by atoms with Gasteiger partial charge in [0.15, 0.2) is 0 Å². The van der Waals surface area contributed by atoms with E-state index in [9.17, 15) is 13.2 Å². The van der Waals surface area contributed by atoms with Gasteiger partial charge in [0.1, 0.15) is 0 Å². The molecule has 20 heavy (non-hydrogen) atoms. The van der Waals surface area contributed by atoms with Gasteiger partial charge in [-0.05, 0) is 51.1 Å². The molecule has 0 aromatic heterocycles. The van der Waals surface area contributed by atoms with E-state index in [1.54, 1.807) is 0 Å². The number of halogens is 3. The van der Waals surface area contributed by atoms with Crippen LogP contribution < -0.4 is 5.32 Å². The van der Waals surface area contributed by atoms with Gasteiger partial charge in [0.05, 0.1) is 12.6 Å². The molecule has 0 amide bonds. The van der Waals surface area contributed by atoms with Gasteiger partial charge < -0.3 is 10.1 Å². The Morgan fingerprint density at radius 3 is 2.35 bits per heavy atom. The molecule has 0 spiro atoms. The lowest BCUT2D eigenvalue weighted by molar-refractivity contribution is -0.148. The molecule has 1 N–H and O–H groups in total. The second kappa shape index (κ2) is 5.81. The zero-order valence-electron chi connectivity index (χ0n) is 11.7. The van der Waals surface area contributed by atoms with E-state index in [4.69, 9.17) is 4.74 Å². The van der Waals surface area contributed by atoms with E-state index in [-0.39, 0.29) is 0 Å². The van der Waals surface area contributed by atoms with Crippen LogP contribution in [0.1, 0.15) is 32.1 Å². The third kappa shape index (κ3) is 3.86. The molecule has 3 rings (SSSR count). The summed E-state index contributed by atoms with van der Waals surface area (Å²) < 4.78 is 42.8. The van der Waals surface area contributed by atoms with Crippen molar-refractivity contribution in [3.63, 3.8) is 0 Å². The number of nitrogens with zero attached hydrogens (tertiary/aromatic N) is 1. The number of rotatable bonds is 4. The lowest BCUT2D eigenvalue weighted by atomic mass is 10.00. The van der Waals surface area contributed by atoms with Crippen LogP contribution in [0.25, 0.3) is 0 Å². The Kier molecular flexibility index (Phi) is 4.24. The van der Waals surface area contributed by atoms with Crippen molar-refractivity contribution in [3.8, 4) is 0 Å². The molecule has 2 unspecified atom stereocenters. The molecule has 3 fully saturated rings. The number of alkyl halides is 3. The smallest absolute Gasteiger partial charge is 0.376 e.